The van der Waals surface area contributed by atoms with Crippen LogP contribution in [-0.2, 0) is 16.0 Å². The molecule has 1 aromatic rings. The van der Waals surface area contributed by atoms with Gasteiger partial charge in [0.1, 0.15) is 11.6 Å². The molecular formula is C18H24FNO3. The van der Waals surface area contributed by atoms with Gasteiger partial charge in [0.05, 0.1) is 6.10 Å². The van der Waals surface area contributed by atoms with E-state index in [4.69, 9.17) is 9.47 Å². The molecule has 5 heteroatoms. The highest BCUT2D eigenvalue weighted by Gasteiger charge is 2.34. The third kappa shape index (κ3) is 3.66. The lowest BCUT2D eigenvalue weighted by atomic mass is 9.82. The van der Waals surface area contributed by atoms with Crippen LogP contribution in [0.3, 0.4) is 0 Å². The summed E-state index contributed by atoms with van der Waals surface area (Å²) >= 11 is 0. The largest absolute Gasteiger partial charge is 0.480 e. The summed E-state index contributed by atoms with van der Waals surface area (Å²) in [6.45, 7) is 5.57. The first kappa shape index (κ1) is 16.2. The molecule has 0 aliphatic carbocycles. The van der Waals surface area contributed by atoms with Crippen molar-refractivity contribution in [2.45, 2.75) is 51.7 Å². The summed E-state index contributed by atoms with van der Waals surface area (Å²) < 4.78 is 24.7. The quantitative estimate of drug-likeness (QED) is 0.927. The van der Waals surface area contributed by atoms with Crippen molar-refractivity contribution in [2.24, 2.45) is 5.41 Å². The Hall–Kier alpha value is -1.62. The Balaban J connectivity index is 1.54. The molecule has 1 saturated heterocycles. The molecular weight excluding hydrogens is 297 g/mol. The Kier molecular flexibility index (Phi) is 4.57. The van der Waals surface area contributed by atoms with E-state index < -0.39 is 6.10 Å². The number of rotatable bonds is 4. The summed E-state index contributed by atoms with van der Waals surface area (Å²) in [7, 11) is 0. The van der Waals surface area contributed by atoms with Crippen LogP contribution in [0.2, 0.25) is 0 Å². The molecule has 4 nitrogen and oxygen atoms in total. The fourth-order valence-corrected chi connectivity index (χ4v) is 3.26. The summed E-state index contributed by atoms with van der Waals surface area (Å²) in [6.07, 6.45) is 3.34. The van der Waals surface area contributed by atoms with Gasteiger partial charge < -0.3 is 14.8 Å². The standard InChI is InChI=1S/C18H24FNO3/c1-18(2,16-5-3-4-8-22-16)11-20-17(21)15-10-12-9-13(19)6-7-14(12)23-15/h6-7,9,15-16H,3-5,8,10-11H2,1-2H3,(H,20,21). The van der Waals surface area contributed by atoms with Crippen molar-refractivity contribution in [1.29, 1.82) is 0 Å². The minimum absolute atomic E-state index is 0.117. The first-order valence-corrected chi connectivity index (χ1v) is 8.30. The van der Waals surface area contributed by atoms with Crippen molar-refractivity contribution in [3.8, 4) is 5.75 Å². The lowest BCUT2D eigenvalue weighted by Crippen LogP contribution is -2.47. The Morgan fingerprint density at radius 2 is 2.22 bits per heavy atom. The van der Waals surface area contributed by atoms with Crippen molar-refractivity contribution < 1.29 is 18.7 Å². The number of ether oxygens (including phenoxy) is 2. The van der Waals surface area contributed by atoms with Crippen molar-refractivity contribution in [2.75, 3.05) is 13.2 Å². The molecule has 2 unspecified atom stereocenters. The van der Waals surface area contributed by atoms with Gasteiger partial charge >= 0.3 is 0 Å². The fraction of sp³-hybridized carbons (Fsp3) is 0.611. The minimum atomic E-state index is -0.574. The molecule has 2 aliphatic heterocycles. The fourth-order valence-electron chi connectivity index (χ4n) is 3.26. The van der Waals surface area contributed by atoms with E-state index in [0.717, 1.165) is 25.0 Å². The molecule has 1 N–H and O–H groups in total. The number of hydrogen-bond donors (Lipinski definition) is 1. The lowest BCUT2D eigenvalue weighted by Gasteiger charge is -2.37. The van der Waals surface area contributed by atoms with Gasteiger partial charge in [0, 0.05) is 30.6 Å². The lowest BCUT2D eigenvalue weighted by molar-refractivity contribution is -0.128. The molecule has 0 radical (unpaired) electrons. The van der Waals surface area contributed by atoms with E-state index in [0.29, 0.717) is 18.7 Å². The molecule has 0 bridgehead atoms. The maximum absolute atomic E-state index is 13.2. The molecule has 23 heavy (non-hydrogen) atoms. The highest BCUT2D eigenvalue weighted by atomic mass is 19.1. The zero-order valence-corrected chi connectivity index (χ0v) is 13.7. The van der Waals surface area contributed by atoms with Crippen LogP contribution in [0.1, 0.15) is 38.7 Å². The molecule has 2 heterocycles. The van der Waals surface area contributed by atoms with E-state index >= 15 is 0 Å². The Labute approximate surface area is 136 Å². The van der Waals surface area contributed by atoms with E-state index in [2.05, 4.69) is 19.2 Å². The Morgan fingerprint density at radius 1 is 1.39 bits per heavy atom. The number of halogens is 1. The molecule has 2 aliphatic rings. The molecule has 2 atom stereocenters. The van der Waals surface area contributed by atoms with Crippen LogP contribution < -0.4 is 10.1 Å². The molecule has 126 valence electrons. The number of fused-ring (bicyclic) bond motifs is 1. The van der Waals surface area contributed by atoms with Crippen LogP contribution in [0.15, 0.2) is 18.2 Å². The number of hydrogen-bond acceptors (Lipinski definition) is 3. The predicted molar refractivity (Wildman–Crippen MR) is 84.9 cm³/mol. The van der Waals surface area contributed by atoms with Gasteiger partial charge in [-0.1, -0.05) is 13.8 Å². The molecule has 0 saturated carbocycles. The van der Waals surface area contributed by atoms with Crippen LogP contribution >= 0.6 is 0 Å². The normalized spacial score (nSPS) is 24.0. The number of nitrogens with one attached hydrogen (secondary N) is 1. The summed E-state index contributed by atoms with van der Waals surface area (Å²) in [5, 5.41) is 2.97. The molecule has 0 spiro atoms. The van der Waals surface area contributed by atoms with Crippen LogP contribution in [0.25, 0.3) is 0 Å². The number of carbonyl (C=O) groups excluding carboxylic acids is 1. The maximum Gasteiger partial charge on any atom is 0.261 e. The minimum Gasteiger partial charge on any atom is -0.480 e. The maximum atomic E-state index is 13.2. The van der Waals surface area contributed by atoms with Crippen molar-refractivity contribution >= 4 is 5.91 Å². The summed E-state index contributed by atoms with van der Waals surface area (Å²) in [4.78, 5) is 12.4. The number of benzene rings is 1. The Bertz CT molecular complexity index is 582. The van der Waals surface area contributed by atoms with Gasteiger partial charge in [-0.3, -0.25) is 4.79 Å². The van der Waals surface area contributed by atoms with Crippen LogP contribution in [0.5, 0.6) is 5.75 Å². The van der Waals surface area contributed by atoms with E-state index in [9.17, 15) is 9.18 Å². The molecule has 1 aromatic carbocycles. The van der Waals surface area contributed by atoms with Crippen LogP contribution in [-0.4, -0.2) is 31.3 Å². The third-order valence-corrected chi connectivity index (χ3v) is 4.76. The smallest absolute Gasteiger partial charge is 0.261 e. The first-order valence-electron chi connectivity index (χ1n) is 8.30. The summed E-state index contributed by atoms with van der Waals surface area (Å²) in [5.74, 6) is 0.149. The Morgan fingerprint density at radius 3 is 2.96 bits per heavy atom. The zero-order chi connectivity index (χ0) is 16.4. The van der Waals surface area contributed by atoms with Gasteiger partial charge in [-0.25, -0.2) is 4.39 Å². The van der Waals surface area contributed by atoms with Gasteiger partial charge in [-0.15, -0.1) is 0 Å². The average molecular weight is 321 g/mol. The third-order valence-electron chi connectivity index (χ3n) is 4.76. The highest BCUT2D eigenvalue weighted by Crippen LogP contribution is 2.31. The van der Waals surface area contributed by atoms with E-state index in [1.54, 1.807) is 6.07 Å². The van der Waals surface area contributed by atoms with Gasteiger partial charge in [-0.2, -0.15) is 0 Å². The molecule has 1 fully saturated rings. The predicted octanol–water partition coefficient (Wildman–Crippen LogP) is 2.84. The topological polar surface area (TPSA) is 47.6 Å². The average Bonchev–Trinajstić information content (AvgIpc) is 2.96. The molecule has 0 aromatic heterocycles. The first-order chi connectivity index (χ1) is 11.0. The van der Waals surface area contributed by atoms with E-state index in [1.165, 1.54) is 18.6 Å². The van der Waals surface area contributed by atoms with Gasteiger partial charge in [-0.05, 0) is 37.5 Å². The SMILES string of the molecule is CC(C)(CNC(=O)C1Cc2cc(F)ccc2O1)C1CCCCO1. The van der Waals surface area contributed by atoms with Gasteiger partial charge in [0.25, 0.3) is 5.91 Å². The van der Waals surface area contributed by atoms with Crippen LogP contribution in [0.4, 0.5) is 4.39 Å². The van der Waals surface area contributed by atoms with Crippen molar-refractivity contribution in [3.05, 3.63) is 29.6 Å². The second-order valence-electron chi connectivity index (χ2n) is 7.12. The molecule has 1 amide bonds. The monoisotopic (exact) mass is 321 g/mol. The van der Waals surface area contributed by atoms with Gasteiger partial charge in [0.15, 0.2) is 6.10 Å². The van der Waals surface area contributed by atoms with E-state index in [1.807, 2.05) is 0 Å². The summed E-state index contributed by atoms with van der Waals surface area (Å²) in [5.41, 5.74) is 0.633. The second kappa shape index (κ2) is 6.48. The molecule has 3 rings (SSSR count). The second-order valence-corrected chi connectivity index (χ2v) is 7.12. The zero-order valence-electron chi connectivity index (χ0n) is 13.7. The van der Waals surface area contributed by atoms with Crippen LogP contribution in [0, 0.1) is 11.2 Å². The van der Waals surface area contributed by atoms with Crippen molar-refractivity contribution in [3.63, 3.8) is 0 Å². The summed E-state index contributed by atoms with van der Waals surface area (Å²) in [6, 6.07) is 4.36. The van der Waals surface area contributed by atoms with Crippen molar-refractivity contribution in [1.82, 2.24) is 5.32 Å². The van der Waals surface area contributed by atoms with E-state index in [-0.39, 0.29) is 23.2 Å². The highest BCUT2D eigenvalue weighted by molar-refractivity contribution is 5.82. The van der Waals surface area contributed by atoms with Gasteiger partial charge in [0.2, 0.25) is 0 Å². The number of amides is 1. The number of carbonyl (C=O) groups is 1.